The van der Waals surface area contributed by atoms with Crippen LogP contribution in [0, 0.1) is 0 Å². The number of nitrogens with one attached hydrogen (secondary N) is 1. The van der Waals surface area contributed by atoms with Crippen LogP contribution in [0.3, 0.4) is 0 Å². The van der Waals surface area contributed by atoms with E-state index in [0.29, 0.717) is 35.2 Å². The number of nitrogens with zero attached hydrogens (tertiary/aromatic N) is 2. The fraction of sp³-hybridized carbons (Fsp3) is 0.227. The molecule has 9 heteroatoms. The Morgan fingerprint density at radius 3 is 2.39 bits per heavy atom. The zero-order chi connectivity index (χ0) is 22.0. The molecule has 2 aliphatic heterocycles. The summed E-state index contributed by atoms with van der Waals surface area (Å²) < 4.78 is 10.9. The number of benzene rings is 2. The molecule has 0 radical (unpaired) electrons. The van der Waals surface area contributed by atoms with Crippen molar-refractivity contribution >= 4 is 46.9 Å². The van der Waals surface area contributed by atoms with Gasteiger partial charge < -0.3 is 14.4 Å². The number of hydrogen-bond acceptors (Lipinski definition) is 6. The zero-order valence-electron chi connectivity index (χ0n) is 16.8. The Labute approximate surface area is 184 Å². The van der Waals surface area contributed by atoms with Crippen molar-refractivity contribution < 1.29 is 23.9 Å². The lowest BCUT2D eigenvalue weighted by Crippen LogP contribution is -2.54. The number of ether oxygens (including phenoxy) is 2. The molecular weight excluding hydrogens is 422 g/mol. The Hall–Kier alpha value is -3.36. The molecule has 0 aliphatic carbocycles. The molecule has 0 atom stereocenters. The third kappa shape index (κ3) is 4.26. The Morgan fingerprint density at radius 2 is 1.71 bits per heavy atom. The smallest absolute Gasteiger partial charge is 0.335 e. The number of anilines is 2. The first-order chi connectivity index (χ1) is 15.0. The minimum Gasteiger partial charge on any atom is -0.496 e. The predicted octanol–water partition coefficient (Wildman–Crippen LogP) is 2.85. The summed E-state index contributed by atoms with van der Waals surface area (Å²) in [6.07, 6.45) is 1.43. The molecule has 2 aromatic carbocycles. The quantitative estimate of drug-likeness (QED) is 0.580. The van der Waals surface area contributed by atoms with Gasteiger partial charge in [-0.2, -0.15) is 0 Å². The first-order valence-electron chi connectivity index (χ1n) is 9.65. The van der Waals surface area contributed by atoms with E-state index < -0.39 is 17.8 Å². The standard InChI is InChI=1S/C22H20ClN3O5/c1-30-19-13-17(25-8-10-31-11-9-25)5-2-14(19)12-18-20(27)24-22(29)26(21(18)28)16-6-3-15(23)4-7-16/h2-7,12-13H,8-11H2,1H3,(H,24,27,29). The van der Waals surface area contributed by atoms with E-state index in [2.05, 4.69) is 10.2 Å². The Bertz CT molecular complexity index is 1060. The van der Waals surface area contributed by atoms with Crippen LogP contribution in [0.25, 0.3) is 6.08 Å². The predicted molar refractivity (Wildman–Crippen MR) is 116 cm³/mol. The molecule has 2 heterocycles. The first kappa shape index (κ1) is 20.9. The number of morpholine rings is 1. The highest BCUT2D eigenvalue weighted by Crippen LogP contribution is 2.30. The number of rotatable bonds is 4. The second-order valence-corrected chi connectivity index (χ2v) is 7.40. The van der Waals surface area contributed by atoms with Crippen LogP contribution in [0.5, 0.6) is 5.75 Å². The topological polar surface area (TPSA) is 88.2 Å². The Balaban J connectivity index is 1.67. The molecule has 2 saturated heterocycles. The van der Waals surface area contributed by atoms with E-state index in [1.165, 1.54) is 25.3 Å². The van der Waals surface area contributed by atoms with Gasteiger partial charge in [-0.05, 0) is 42.5 Å². The van der Waals surface area contributed by atoms with Crippen LogP contribution in [0.1, 0.15) is 5.56 Å². The monoisotopic (exact) mass is 441 g/mol. The second kappa shape index (κ2) is 8.79. The van der Waals surface area contributed by atoms with Gasteiger partial charge in [0.1, 0.15) is 11.3 Å². The summed E-state index contributed by atoms with van der Waals surface area (Å²) in [4.78, 5) is 40.8. The fourth-order valence-electron chi connectivity index (χ4n) is 3.47. The van der Waals surface area contributed by atoms with Gasteiger partial charge in [0.05, 0.1) is 26.0 Å². The van der Waals surface area contributed by atoms with E-state index in [4.69, 9.17) is 21.1 Å². The number of urea groups is 1. The zero-order valence-corrected chi connectivity index (χ0v) is 17.5. The normalized spacial score (nSPS) is 18.4. The Kier molecular flexibility index (Phi) is 5.92. The summed E-state index contributed by atoms with van der Waals surface area (Å²) in [5, 5.41) is 2.67. The Morgan fingerprint density at radius 1 is 1.03 bits per heavy atom. The summed E-state index contributed by atoms with van der Waals surface area (Å²) in [5.41, 5.74) is 1.63. The molecule has 2 aliphatic rings. The highest BCUT2D eigenvalue weighted by Gasteiger charge is 2.37. The van der Waals surface area contributed by atoms with Crippen LogP contribution in [-0.4, -0.2) is 51.3 Å². The summed E-state index contributed by atoms with van der Waals surface area (Å²) in [6.45, 7) is 2.83. The molecule has 31 heavy (non-hydrogen) atoms. The number of halogens is 1. The van der Waals surface area contributed by atoms with Crippen molar-refractivity contribution in [3.63, 3.8) is 0 Å². The van der Waals surface area contributed by atoms with E-state index in [0.717, 1.165) is 23.7 Å². The third-order valence-corrected chi connectivity index (χ3v) is 5.33. The van der Waals surface area contributed by atoms with Gasteiger partial charge in [-0.3, -0.25) is 14.9 Å². The highest BCUT2D eigenvalue weighted by atomic mass is 35.5. The van der Waals surface area contributed by atoms with E-state index in [9.17, 15) is 14.4 Å². The largest absolute Gasteiger partial charge is 0.496 e. The van der Waals surface area contributed by atoms with Crippen LogP contribution in [-0.2, 0) is 14.3 Å². The molecule has 0 spiro atoms. The average molecular weight is 442 g/mol. The van der Waals surface area contributed by atoms with Gasteiger partial charge in [-0.25, -0.2) is 9.69 Å². The number of barbiturate groups is 1. The molecule has 2 aromatic rings. The molecule has 0 bridgehead atoms. The van der Waals surface area contributed by atoms with Crippen LogP contribution >= 0.6 is 11.6 Å². The van der Waals surface area contributed by atoms with Gasteiger partial charge in [0.2, 0.25) is 0 Å². The van der Waals surface area contributed by atoms with Crippen molar-refractivity contribution in [1.82, 2.24) is 5.32 Å². The van der Waals surface area contributed by atoms with Crippen molar-refractivity contribution in [2.45, 2.75) is 0 Å². The van der Waals surface area contributed by atoms with E-state index in [1.54, 1.807) is 18.2 Å². The number of imide groups is 2. The molecule has 0 aromatic heterocycles. The molecule has 4 rings (SSSR count). The number of carbonyl (C=O) groups is 3. The van der Waals surface area contributed by atoms with Crippen molar-refractivity contribution in [3.8, 4) is 5.75 Å². The maximum absolute atomic E-state index is 13.0. The summed E-state index contributed by atoms with van der Waals surface area (Å²) >= 11 is 5.89. The van der Waals surface area contributed by atoms with Crippen LogP contribution in [0.2, 0.25) is 5.02 Å². The summed E-state index contributed by atoms with van der Waals surface area (Å²) in [5.74, 6) is -0.984. The van der Waals surface area contributed by atoms with Crippen molar-refractivity contribution in [1.29, 1.82) is 0 Å². The van der Waals surface area contributed by atoms with E-state index in [-0.39, 0.29) is 5.57 Å². The molecule has 2 fully saturated rings. The van der Waals surface area contributed by atoms with Gasteiger partial charge in [0, 0.05) is 35.4 Å². The van der Waals surface area contributed by atoms with E-state index >= 15 is 0 Å². The number of amides is 4. The van der Waals surface area contributed by atoms with Gasteiger partial charge in [0.15, 0.2) is 0 Å². The molecule has 0 unspecified atom stereocenters. The molecule has 160 valence electrons. The summed E-state index contributed by atoms with van der Waals surface area (Å²) in [6, 6.07) is 10.9. The number of carbonyl (C=O) groups excluding carboxylic acids is 3. The van der Waals surface area contributed by atoms with Crippen molar-refractivity contribution in [2.75, 3.05) is 43.2 Å². The number of methoxy groups -OCH3 is 1. The van der Waals surface area contributed by atoms with Crippen LogP contribution in [0.15, 0.2) is 48.0 Å². The molecule has 4 amide bonds. The lowest BCUT2D eigenvalue weighted by molar-refractivity contribution is -0.122. The average Bonchev–Trinajstić information content (AvgIpc) is 2.78. The maximum atomic E-state index is 13.0. The van der Waals surface area contributed by atoms with Crippen molar-refractivity contribution in [3.05, 3.63) is 58.6 Å². The maximum Gasteiger partial charge on any atom is 0.335 e. The lowest BCUT2D eigenvalue weighted by atomic mass is 10.1. The summed E-state index contributed by atoms with van der Waals surface area (Å²) in [7, 11) is 1.52. The highest BCUT2D eigenvalue weighted by molar-refractivity contribution is 6.39. The van der Waals surface area contributed by atoms with Crippen LogP contribution in [0.4, 0.5) is 16.2 Å². The molecule has 8 nitrogen and oxygen atoms in total. The van der Waals surface area contributed by atoms with E-state index in [1.807, 2.05) is 12.1 Å². The SMILES string of the molecule is COc1cc(N2CCOCC2)ccc1C=C1C(=O)NC(=O)N(c2ccc(Cl)cc2)C1=O. The minimum absolute atomic E-state index is 0.174. The van der Waals surface area contributed by atoms with Crippen LogP contribution < -0.4 is 19.9 Å². The van der Waals surface area contributed by atoms with Gasteiger partial charge in [-0.15, -0.1) is 0 Å². The molecule has 1 N–H and O–H groups in total. The second-order valence-electron chi connectivity index (χ2n) is 6.96. The van der Waals surface area contributed by atoms with Gasteiger partial charge in [0.25, 0.3) is 11.8 Å². The minimum atomic E-state index is -0.816. The molecule has 0 saturated carbocycles. The third-order valence-electron chi connectivity index (χ3n) is 5.08. The lowest BCUT2D eigenvalue weighted by Gasteiger charge is -2.29. The van der Waals surface area contributed by atoms with Gasteiger partial charge in [-0.1, -0.05) is 11.6 Å². The van der Waals surface area contributed by atoms with Gasteiger partial charge >= 0.3 is 6.03 Å². The molecular formula is C22H20ClN3O5. The fourth-order valence-corrected chi connectivity index (χ4v) is 3.60. The number of hydrogen-bond donors (Lipinski definition) is 1. The first-order valence-corrected chi connectivity index (χ1v) is 10.0. The van der Waals surface area contributed by atoms with Crippen molar-refractivity contribution in [2.24, 2.45) is 0 Å².